The Morgan fingerprint density at radius 1 is 1.36 bits per heavy atom. The summed E-state index contributed by atoms with van der Waals surface area (Å²) in [7, 11) is 0. The van der Waals surface area contributed by atoms with Gasteiger partial charge in [-0.1, -0.05) is 0 Å². The van der Waals surface area contributed by atoms with E-state index in [2.05, 4.69) is 62.2 Å². The molecular weight excluding hydrogens is 272 g/mol. The second-order valence-electron chi connectivity index (χ2n) is 3.37. The first-order valence-electron chi connectivity index (χ1n) is 3.32. The Hall–Kier alpha value is 0.170. The molecule has 11 heavy (non-hydrogen) atoms. The van der Waals surface area contributed by atoms with E-state index in [0.29, 0.717) is 0 Å². The zero-order chi connectivity index (χ0) is 8.65. The summed E-state index contributed by atoms with van der Waals surface area (Å²) in [4.78, 5) is 4.12. The molecule has 0 spiro atoms. The van der Waals surface area contributed by atoms with E-state index in [9.17, 15) is 0 Å². The molecule has 0 amide bonds. The Labute approximate surface area is 83.3 Å². The van der Waals surface area contributed by atoms with Gasteiger partial charge in [-0.05, 0) is 52.6 Å². The van der Waals surface area contributed by atoms with Gasteiger partial charge in [0.05, 0.1) is 6.33 Å². The highest BCUT2D eigenvalue weighted by molar-refractivity contribution is 9.13. The molecule has 0 bridgehead atoms. The topological polar surface area (TPSA) is 17.8 Å². The molecular formula is C7H10Br2N2. The first-order chi connectivity index (χ1) is 4.93. The number of imidazole rings is 1. The molecule has 1 aromatic heterocycles. The Bertz CT molecular complexity index is 260. The number of halogens is 2. The van der Waals surface area contributed by atoms with Gasteiger partial charge in [0.2, 0.25) is 0 Å². The number of nitrogens with zero attached hydrogens (tertiary/aromatic N) is 2. The van der Waals surface area contributed by atoms with Crippen LogP contribution >= 0.6 is 31.9 Å². The van der Waals surface area contributed by atoms with E-state index in [-0.39, 0.29) is 5.54 Å². The van der Waals surface area contributed by atoms with E-state index >= 15 is 0 Å². The SMILES string of the molecule is CC(C)(C)n1cnc(Br)c1Br. The molecule has 0 aliphatic heterocycles. The third-order valence-corrected chi connectivity index (χ3v) is 3.26. The van der Waals surface area contributed by atoms with Crippen LogP contribution in [0.15, 0.2) is 15.5 Å². The summed E-state index contributed by atoms with van der Waals surface area (Å²) in [5, 5.41) is 0. The molecule has 0 atom stereocenters. The second-order valence-corrected chi connectivity index (χ2v) is 4.87. The van der Waals surface area contributed by atoms with Gasteiger partial charge >= 0.3 is 0 Å². The summed E-state index contributed by atoms with van der Waals surface area (Å²) >= 11 is 6.77. The average Bonchev–Trinajstić information content (AvgIpc) is 2.11. The summed E-state index contributed by atoms with van der Waals surface area (Å²) in [6.45, 7) is 6.39. The lowest BCUT2D eigenvalue weighted by molar-refractivity contribution is 0.389. The highest BCUT2D eigenvalue weighted by atomic mass is 79.9. The normalized spacial score (nSPS) is 12.1. The fourth-order valence-electron chi connectivity index (χ4n) is 0.779. The standard InChI is InChI=1S/C7H10Br2N2/c1-7(2,3)11-4-10-5(8)6(11)9/h4H,1-3H3. The van der Waals surface area contributed by atoms with E-state index in [4.69, 9.17) is 0 Å². The molecule has 0 N–H and O–H groups in total. The maximum atomic E-state index is 4.12. The number of rotatable bonds is 0. The fourth-order valence-corrected chi connectivity index (χ4v) is 1.79. The molecule has 0 aliphatic rings. The van der Waals surface area contributed by atoms with Crippen LogP contribution in [0.4, 0.5) is 0 Å². The van der Waals surface area contributed by atoms with E-state index in [1.165, 1.54) is 0 Å². The zero-order valence-electron chi connectivity index (χ0n) is 6.73. The van der Waals surface area contributed by atoms with Crippen molar-refractivity contribution < 1.29 is 0 Å². The molecule has 0 unspecified atom stereocenters. The minimum atomic E-state index is 0.0812. The van der Waals surface area contributed by atoms with Crippen LogP contribution in [0.2, 0.25) is 0 Å². The van der Waals surface area contributed by atoms with Crippen molar-refractivity contribution in [2.45, 2.75) is 26.3 Å². The number of hydrogen-bond donors (Lipinski definition) is 0. The quantitative estimate of drug-likeness (QED) is 0.714. The third kappa shape index (κ3) is 1.85. The van der Waals surface area contributed by atoms with Crippen molar-refractivity contribution in [2.24, 2.45) is 0 Å². The summed E-state index contributed by atoms with van der Waals surface area (Å²) in [5.74, 6) is 0. The van der Waals surface area contributed by atoms with Crippen molar-refractivity contribution in [1.82, 2.24) is 9.55 Å². The van der Waals surface area contributed by atoms with Crippen molar-refractivity contribution in [2.75, 3.05) is 0 Å². The van der Waals surface area contributed by atoms with Gasteiger partial charge in [0.15, 0.2) is 0 Å². The maximum absolute atomic E-state index is 4.12. The lowest BCUT2D eigenvalue weighted by atomic mass is 10.1. The molecule has 0 radical (unpaired) electrons. The second kappa shape index (κ2) is 2.90. The van der Waals surface area contributed by atoms with Crippen LogP contribution in [0.25, 0.3) is 0 Å². The van der Waals surface area contributed by atoms with Crippen LogP contribution in [0, 0.1) is 0 Å². The maximum Gasteiger partial charge on any atom is 0.138 e. The number of hydrogen-bond acceptors (Lipinski definition) is 1. The van der Waals surface area contributed by atoms with Gasteiger partial charge in [0.25, 0.3) is 0 Å². The van der Waals surface area contributed by atoms with Crippen LogP contribution in [-0.4, -0.2) is 9.55 Å². The lowest BCUT2D eigenvalue weighted by Crippen LogP contribution is -2.20. The smallest absolute Gasteiger partial charge is 0.138 e. The van der Waals surface area contributed by atoms with Crippen LogP contribution in [0.1, 0.15) is 20.8 Å². The third-order valence-electron chi connectivity index (χ3n) is 1.39. The molecule has 1 aromatic rings. The Morgan fingerprint density at radius 2 is 1.91 bits per heavy atom. The Balaban J connectivity index is 3.15. The van der Waals surface area contributed by atoms with Crippen molar-refractivity contribution in [1.29, 1.82) is 0 Å². The van der Waals surface area contributed by atoms with Gasteiger partial charge in [-0.2, -0.15) is 0 Å². The molecule has 0 saturated carbocycles. The Morgan fingerprint density at radius 3 is 2.09 bits per heavy atom. The van der Waals surface area contributed by atoms with E-state index in [1.54, 1.807) is 0 Å². The molecule has 0 saturated heterocycles. The lowest BCUT2D eigenvalue weighted by Gasteiger charge is -2.21. The molecule has 4 heteroatoms. The summed E-state index contributed by atoms with van der Waals surface area (Å²) in [6.07, 6.45) is 1.81. The van der Waals surface area contributed by atoms with Crippen molar-refractivity contribution >= 4 is 31.9 Å². The zero-order valence-corrected chi connectivity index (χ0v) is 9.90. The summed E-state index contributed by atoms with van der Waals surface area (Å²) in [6, 6.07) is 0. The molecule has 0 aliphatic carbocycles. The Kier molecular flexibility index (Phi) is 2.44. The first kappa shape index (κ1) is 9.26. The summed E-state index contributed by atoms with van der Waals surface area (Å²) < 4.78 is 3.91. The minimum absolute atomic E-state index is 0.0812. The van der Waals surface area contributed by atoms with Crippen LogP contribution in [0.3, 0.4) is 0 Å². The molecule has 1 rings (SSSR count). The van der Waals surface area contributed by atoms with E-state index < -0.39 is 0 Å². The predicted octanol–water partition coefficient (Wildman–Crippen LogP) is 3.16. The minimum Gasteiger partial charge on any atom is -0.319 e. The van der Waals surface area contributed by atoms with Crippen molar-refractivity contribution in [3.63, 3.8) is 0 Å². The van der Waals surface area contributed by atoms with Crippen LogP contribution in [-0.2, 0) is 5.54 Å². The van der Waals surface area contributed by atoms with E-state index in [1.807, 2.05) is 6.33 Å². The molecule has 1 heterocycles. The van der Waals surface area contributed by atoms with Gasteiger partial charge in [-0.25, -0.2) is 4.98 Å². The van der Waals surface area contributed by atoms with Crippen molar-refractivity contribution in [3.8, 4) is 0 Å². The molecule has 62 valence electrons. The van der Waals surface area contributed by atoms with Crippen LogP contribution < -0.4 is 0 Å². The molecule has 0 aromatic carbocycles. The highest BCUT2D eigenvalue weighted by Crippen LogP contribution is 2.26. The predicted molar refractivity (Wildman–Crippen MR) is 52.6 cm³/mol. The van der Waals surface area contributed by atoms with Gasteiger partial charge < -0.3 is 4.57 Å². The summed E-state index contributed by atoms with van der Waals surface area (Å²) in [5.41, 5.74) is 0.0812. The van der Waals surface area contributed by atoms with Crippen LogP contribution in [0.5, 0.6) is 0 Å². The fraction of sp³-hybridized carbons (Fsp3) is 0.571. The number of aromatic nitrogens is 2. The van der Waals surface area contributed by atoms with Gasteiger partial charge in [0, 0.05) is 5.54 Å². The first-order valence-corrected chi connectivity index (χ1v) is 4.90. The van der Waals surface area contributed by atoms with Crippen molar-refractivity contribution in [3.05, 3.63) is 15.5 Å². The average molecular weight is 282 g/mol. The van der Waals surface area contributed by atoms with Gasteiger partial charge in [0.1, 0.15) is 9.21 Å². The highest BCUT2D eigenvalue weighted by Gasteiger charge is 2.17. The monoisotopic (exact) mass is 280 g/mol. The van der Waals surface area contributed by atoms with Gasteiger partial charge in [-0.15, -0.1) is 0 Å². The van der Waals surface area contributed by atoms with E-state index in [0.717, 1.165) is 9.21 Å². The molecule has 0 fully saturated rings. The largest absolute Gasteiger partial charge is 0.319 e. The van der Waals surface area contributed by atoms with Gasteiger partial charge in [-0.3, -0.25) is 0 Å². The molecule has 2 nitrogen and oxygen atoms in total.